The molecule has 3 aromatic rings. The van der Waals surface area contributed by atoms with Gasteiger partial charge in [0.05, 0.1) is 18.0 Å². The Bertz CT molecular complexity index is 1110. The maximum atomic E-state index is 12.7. The lowest BCUT2D eigenvalue weighted by Gasteiger charge is -2.17. The van der Waals surface area contributed by atoms with E-state index in [0.29, 0.717) is 0 Å². The zero-order valence-electron chi connectivity index (χ0n) is 17.1. The van der Waals surface area contributed by atoms with Gasteiger partial charge in [-0.2, -0.15) is 0 Å². The lowest BCUT2D eigenvalue weighted by molar-refractivity contribution is -0.0258. The summed E-state index contributed by atoms with van der Waals surface area (Å²) in [6.07, 6.45) is 0. The van der Waals surface area contributed by atoms with Gasteiger partial charge in [-0.1, -0.05) is 65.1 Å². The number of hydrogen-bond acceptors (Lipinski definition) is 4. The fourth-order valence-electron chi connectivity index (χ4n) is 3.00. The van der Waals surface area contributed by atoms with Crippen molar-refractivity contribution in [1.82, 2.24) is 9.79 Å². The second-order valence-electron chi connectivity index (χ2n) is 6.81. The van der Waals surface area contributed by atoms with E-state index < -0.39 is 10.0 Å². The van der Waals surface area contributed by atoms with Crippen LogP contribution in [0.2, 0.25) is 0 Å². The van der Waals surface area contributed by atoms with E-state index in [9.17, 15) is 13.2 Å². The Labute approximate surface area is 177 Å². The molecule has 0 saturated carbocycles. The standard InChI is InChI=1S/C23H24N2O4S/c1-17(18-12-14-20(15-13-18)19-8-5-4-6-9-19)24-23(26)21-10-7-11-22(16-21)30(27,28)25(2)29-3/h4-17H,1-3H3,(H,24,26). The molecule has 0 aliphatic heterocycles. The van der Waals surface area contributed by atoms with Crippen LogP contribution in [-0.4, -0.2) is 33.0 Å². The van der Waals surface area contributed by atoms with Crippen molar-refractivity contribution in [2.45, 2.75) is 17.9 Å². The molecule has 0 bridgehead atoms. The van der Waals surface area contributed by atoms with E-state index in [0.717, 1.165) is 21.2 Å². The molecule has 0 fully saturated rings. The highest BCUT2D eigenvalue weighted by molar-refractivity contribution is 7.89. The second-order valence-corrected chi connectivity index (χ2v) is 8.74. The summed E-state index contributed by atoms with van der Waals surface area (Å²) < 4.78 is 25.6. The quantitative estimate of drug-likeness (QED) is 0.581. The molecule has 3 rings (SSSR count). The number of sulfonamides is 1. The van der Waals surface area contributed by atoms with E-state index >= 15 is 0 Å². The maximum Gasteiger partial charge on any atom is 0.264 e. The van der Waals surface area contributed by atoms with Crippen LogP contribution in [0.5, 0.6) is 0 Å². The summed E-state index contributed by atoms with van der Waals surface area (Å²) >= 11 is 0. The van der Waals surface area contributed by atoms with Crippen LogP contribution in [-0.2, 0) is 14.9 Å². The SMILES string of the molecule is CON(C)S(=O)(=O)c1cccc(C(=O)NC(C)c2ccc(-c3ccccc3)cc2)c1. The number of hydroxylamine groups is 1. The molecule has 0 radical (unpaired) electrons. The van der Waals surface area contributed by atoms with Gasteiger partial charge < -0.3 is 5.32 Å². The van der Waals surface area contributed by atoms with Crippen molar-refractivity contribution >= 4 is 15.9 Å². The van der Waals surface area contributed by atoms with Crippen molar-refractivity contribution in [1.29, 1.82) is 0 Å². The average molecular weight is 425 g/mol. The molecule has 3 aromatic carbocycles. The summed E-state index contributed by atoms with van der Waals surface area (Å²) in [4.78, 5) is 17.4. The number of carbonyl (C=O) groups excluding carboxylic acids is 1. The Morgan fingerprint density at radius 3 is 2.20 bits per heavy atom. The van der Waals surface area contributed by atoms with Gasteiger partial charge in [0.15, 0.2) is 0 Å². The summed E-state index contributed by atoms with van der Waals surface area (Å²) in [5.74, 6) is -0.355. The molecule has 0 aliphatic rings. The monoisotopic (exact) mass is 424 g/mol. The van der Waals surface area contributed by atoms with Crippen molar-refractivity contribution in [3.8, 4) is 11.1 Å². The normalized spacial score (nSPS) is 12.5. The molecule has 1 N–H and O–H groups in total. The first-order valence-corrected chi connectivity index (χ1v) is 10.9. The summed E-state index contributed by atoms with van der Waals surface area (Å²) in [6, 6.07) is 23.6. The van der Waals surface area contributed by atoms with Gasteiger partial charge >= 0.3 is 0 Å². The molecular formula is C23H24N2O4S. The van der Waals surface area contributed by atoms with E-state index in [1.54, 1.807) is 6.07 Å². The molecule has 0 aromatic heterocycles. The van der Waals surface area contributed by atoms with Gasteiger partial charge in [-0.05, 0) is 41.8 Å². The third kappa shape index (κ3) is 4.76. The summed E-state index contributed by atoms with van der Waals surface area (Å²) in [5, 5.41) is 2.91. The fourth-order valence-corrected chi connectivity index (χ4v) is 4.02. The molecule has 156 valence electrons. The topological polar surface area (TPSA) is 75.7 Å². The van der Waals surface area contributed by atoms with E-state index in [-0.39, 0.29) is 22.4 Å². The van der Waals surface area contributed by atoms with Gasteiger partial charge in [-0.25, -0.2) is 8.42 Å². The lowest BCUT2D eigenvalue weighted by Crippen LogP contribution is -2.28. The smallest absolute Gasteiger partial charge is 0.264 e. The number of carbonyl (C=O) groups is 1. The Morgan fingerprint density at radius 2 is 1.57 bits per heavy atom. The molecule has 30 heavy (non-hydrogen) atoms. The number of hydrogen-bond donors (Lipinski definition) is 1. The molecule has 0 heterocycles. The number of rotatable bonds is 7. The first kappa shape index (κ1) is 21.7. The van der Waals surface area contributed by atoms with E-state index in [1.165, 1.54) is 32.4 Å². The number of benzene rings is 3. The number of nitrogens with zero attached hydrogens (tertiary/aromatic N) is 1. The molecule has 7 heteroatoms. The van der Waals surface area contributed by atoms with Gasteiger partial charge in [-0.3, -0.25) is 9.63 Å². The molecule has 1 unspecified atom stereocenters. The minimum absolute atomic E-state index is 0.0145. The maximum absolute atomic E-state index is 12.7. The van der Waals surface area contributed by atoms with Crippen LogP contribution in [0.25, 0.3) is 11.1 Å². The van der Waals surface area contributed by atoms with Gasteiger partial charge in [0.2, 0.25) is 0 Å². The van der Waals surface area contributed by atoms with E-state index in [2.05, 4.69) is 5.32 Å². The molecule has 0 saturated heterocycles. The Kier molecular flexibility index (Phi) is 6.66. The first-order valence-electron chi connectivity index (χ1n) is 9.42. The van der Waals surface area contributed by atoms with Crippen LogP contribution in [0.15, 0.2) is 83.8 Å². The molecule has 1 amide bonds. The van der Waals surface area contributed by atoms with Crippen molar-refractivity contribution in [3.05, 3.63) is 90.0 Å². The third-order valence-corrected chi connectivity index (χ3v) is 6.53. The number of amides is 1. The highest BCUT2D eigenvalue weighted by Crippen LogP contribution is 2.22. The lowest BCUT2D eigenvalue weighted by atomic mass is 10.0. The Balaban J connectivity index is 1.74. The summed E-state index contributed by atoms with van der Waals surface area (Å²) in [5.41, 5.74) is 3.43. The predicted octanol–water partition coefficient (Wildman–Crippen LogP) is 4.03. The fraction of sp³-hybridized carbons (Fsp3) is 0.174. The molecule has 6 nitrogen and oxygen atoms in total. The summed E-state index contributed by atoms with van der Waals surface area (Å²) in [6.45, 7) is 1.88. The molecule has 0 aliphatic carbocycles. The minimum atomic E-state index is -3.83. The molecule has 1 atom stereocenters. The minimum Gasteiger partial charge on any atom is -0.346 e. The zero-order valence-corrected chi connectivity index (χ0v) is 17.9. The molecular weight excluding hydrogens is 400 g/mol. The van der Waals surface area contributed by atoms with Crippen LogP contribution in [0.4, 0.5) is 0 Å². The third-order valence-electron chi connectivity index (χ3n) is 4.86. The second kappa shape index (κ2) is 9.21. The van der Waals surface area contributed by atoms with Crippen molar-refractivity contribution < 1.29 is 18.0 Å². The van der Waals surface area contributed by atoms with Gasteiger partial charge in [0, 0.05) is 12.6 Å². The van der Waals surface area contributed by atoms with Crippen molar-refractivity contribution in [3.63, 3.8) is 0 Å². The van der Waals surface area contributed by atoms with Crippen LogP contribution in [0.3, 0.4) is 0 Å². The van der Waals surface area contributed by atoms with Crippen molar-refractivity contribution in [2.75, 3.05) is 14.2 Å². The summed E-state index contributed by atoms with van der Waals surface area (Å²) in [7, 11) is -1.27. The largest absolute Gasteiger partial charge is 0.346 e. The Morgan fingerprint density at radius 1 is 0.933 bits per heavy atom. The van der Waals surface area contributed by atoms with E-state index in [4.69, 9.17) is 4.84 Å². The van der Waals surface area contributed by atoms with Crippen LogP contribution in [0, 0.1) is 0 Å². The van der Waals surface area contributed by atoms with Crippen LogP contribution >= 0.6 is 0 Å². The number of nitrogens with one attached hydrogen (secondary N) is 1. The van der Waals surface area contributed by atoms with Gasteiger partial charge in [0.25, 0.3) is 15.9 Å². The first-order chi connectivity index (χ1) is 14.3. The van der Waals surface area contributed by atoms with Crippen molar-refractivity contribution in [2.24, 2.45) is 0 Å². The van der Waals surface area contributed by atoms with Gasteiger partial charge in [0.1, 0.15) is 0 Å². The molecule has 0 spiro atoms. The zero-order chi connectivity index (χ0) is 21.7. The average Bonchev–Trinajstić information content (AvgIpc) is 2.79. The predicted molar refractivity (Wildman–Crippen MR) is 116 cm³/mol. The highest BCUT2D eigenvalue weighted by Gasteiger charge is 2.22. The van der Waals surface area contributed by atoms with Crippen LogP contribution < -0.4 is 5.32 Å². The van der Waals surface area contributed by atoms with E-state index in [1.807, 2.05) is 61.5 Å². The van der Waals surface area contributed by atoms with Gasteiger partial charge in [-0.15, -0.1) is 0 Å². The Hall–Kier alpha value is -3.00. The van der Waals surface area contributed by atoms with Crippen LogP contribution in [0.1, 0.15) is 28.9 Å². The highest BCUT2D eigenvalue weighted by atomic mass is 32.2.